The Morgan fingerprint density at radius 1 is 1.11 bits per heavy atom. The van der Waals surface area contributed by atoms with Gasteiger partial charge in [0.15, 0.2) is 6.61 Å². The van der Waals surface area contributed by atoms with Crippen LogP contribution in [-0.2, 0) is 11.0 Å². The van der Waals surface area contributed by atoms with E-state index in [0.29, 0.717) is 13.1 Å². The van der Waals surface area contributed by atoms with Gasteiger partial charge in [0.1, 0.15) is 5.75 Å². The van der Waals surface area contributed by atoms with Crippen LogP contribution < -0.4 is 10.5 Å². The summed E-state index contributed by atoms with van der Waals surface area (Å²) in [6.45, 7) is 0.538. The number of hydrogen-bond acceptors (Lipinski definition) is 3. The van der Waals surface area contributed by atoms with E-state index >= 15 is 0 Å². The van der Waals surface area contributed by atoms with Crippen molar-refractivity contribution in [3.05, 3.63) is 65.7 Å². The zero-order valence-electron chi connectivity index (χ0n) is 14.4. The number of carbonyl (C=O) groups is 1. The van der Waals surface area contributed by atoms with Gasteiger partial charge in [-0.05, 0) is 23.8 Å². The van der Waals surface area contributed by atoms with E-state index in [0.717, 1.165) is 17.7 Å². The largest absolute Gasteiger partial charge is 0.484 e. The molecule has 146 valence electrons. The van der Waals surface area contributed by atoms with Gasteiger partial charge in [-0.3, -0.25) is 4.79 Å². The molecule has 1 amide bonds. The van der Waals surface area contributed by atoms with Crippen LogP contribution >= 0.6 is 12.4 Å². The van der Waals surface area contributed by atoms with Crippen LogP contribution in [0.3, 0.4) is 0 Å². The monoisotopic (exact) mass is 400 g/mol. The summed E-state index contributed by atoms with van der Waals surface area (Å²) in [7, 11) is 0. The van der Waals surface area contributed by atoms with E-state index in [-0.39, 0.29) is 42.6 Å². The van der Waals surface area contributed by atoms with Crippen LogP contribution in [0.1, 0.15) is 17.0 Å². The molecule has 0 saturated carbocycles. The van der Waals surface area contributed by atoms with E-state index in [1.165, 1.54) is 12.1 Å². The van der Waals surface area contributed by atoms with Gasteiger partial charge in [0.05, 0.1) is 5.56 Å². The van der Waals surface area contributed by atoms with E-state index in [1.807, 2.05) is 30.3 Å². The van der Waals surface area contributed by atoms with E-state index in [1.54, 1.807) is 4.90 Å². The summed E-state index contributed by atoms with van der Waals surface area (Å²) in [6.07, 6.45) is -4.45. The quantitative estimate of drug-likeness (QED) is 0.855. The van der Waals surface area contributed by atoms with Crippen molar-refractivity contribution in [3.63, 3.8) is 0 Å². The Hall–Kier alpha value is -2.25. The summed E-state index contributed by atoms with van der Waals surface area (Å²) in [5, 5.41) is 0. The molecule has 1 heterocycles. The third kappa shape index (κ3) is 5.14. The molecular weight excluding hydrogens is 381 g/mol. The number of halogens is 4. The van der Waals surface area contributed by atoms with Crippen molar-refractivity contribution >= 4 is 18.3 Å². The standard InChI is InChI=1S/C19H19F3N2O2.ClH/c20-19(21,22)14-7-4-8-15(9-14)26-12-18(25)24-10-16(17(23)11-24)13-5-2-1-3-6-13;/h1-9,16-17H,10-12,23H2;1H/t16-,17+;/m0./s1. The Morgan fingerprint density at radius 3 is 2.48 bits per heavy atom. The van der Waals surface area contributed by atoms with Crippen molar-refractivity contribution < 1.29 is 22.7 Å². The Kier molecular flexibility index (Phi) is 6.73. The fourth-order valence-electron chi connectivity index (χ4n) is 3.08. The highest BCUT2D eigenvalue weighted by Gasteiger charge is 2.34. The molecule has 0 bridgehead atoms. The highest BCUT2D eigenvalue weighted by Crippen LogP contribution is 2.31. The van der Waals surface area contributed by atoms with Crippen LogP contribution in [0.2, 0.25) is 0 Å². The molecule has 0 aromatic heterocycles. The molecule has 1 aliphatic rings. The fraction of sp³-hybridized carbons (Fsp3) is 0.316. The van der Waals surface area contributed by atoms with Crippen molar-refractivity contribution in [1.29, 1.82) is 0 Å². The van der Waals surface area contributed by atoms with Gasteiger partial charge in [0.2, 0.25) is 0 Å². The van der Waals surface area contributed by atoms with Gasteiger partial charge < -0.3 is 15.4 Å². The number of nitrogens with zero attached hydrogens (tertiary/aromatic N) is 1. The summed E-state index contributed by atoms with van der Waals surface area (Å²) in [4.78, 5) is 13.9. The Labute approximate surface area is 161 Å². The van der Waals surface area contributed by atoms with Crippen LogP contribution in [-0.4, -0.2) is 36.5 Å². The van der Waals surface area contributed by atoms with Gasteiger partial charge >= 0.3 is 6.18 Å². The molecule has 2 aromatic rings. The minimum absolute atomic E-state index is 0. The van der Waals surface area contributed by atoms with Crippen LogP contribution in [0.15, 0.2) is 54.6 Å². The topological polar surface area (TPSA) is 55.6 Å². The smallest absolute Gasteiger partial charge is 0.416 e. The van der Waals surface area contributed by atoms with E-state index in [4.69, 9.17) is 10.5 Å². The highest BCUT2D eigenvalue weighted by atomic mass is 35.5. The molecule has 0 unspecified atom stereocenters. The van der Waals surface area contributed by atoms with Crippen molar-refractivity contribution in [2.45, 2.75) is 18.1 Å². The summed E-state index contributed by atoms with van der Waals surface area (Å²) >= 11 is 0. The first-order valence-corrected chi connectivity index (χ1v) is 8.23. The predicted molar refractivity (Wildman–Crippen MR) is 97.9 cm³/mol. The number of nitrogens with two attached hydrogens (primary N) is 1. The lowest BCUT2D eigenvalue weighted by atomic mass is 9.95. The maximum Gasteiger partial charge on any atom is 0.416 e. The zero-order valence-corrected chi connectivity index (χ0v) is 15.2. The minimum Gasteiger partial charge on any atom is -0.484 e. The first-order valence-electron chi connectivity index (χ1n) is 8.23. The second kappa shape index (κ2) is 8.63. The van der Waals surface area contributed by atoms with Crippen molar-refractivity contribution in [2.75, 3.05) is 19.7 Å². The van der Waals surface area contributed by atoms with Gasteiger partial charge in [-0.2, -0.15) is 13.2 Å². The maximum absolute atomic E-state index is 12.7. The predicted octanol–water partition coefficient (Wildman–Crippen LogP) is 3.46. The third-order valence-corrected chi connectivity index (χ3v) is 4.47. The van der Waals surface area contributed by atoms with Gasteiger partial charge in [-0.15, -0.1) is 12.4 Å². The van der Waals surface area contributed by atoms with E-state index < -0.39 is 11.7 Å². The number of ether oxygens (including phenoxy) is 1. The van der Waals surface area contributed by atoms with Gasteiger partial charge in [-0.1, -0.05) is 36.4 Å². The molecule has 3 rings (SSSR count). The van der Waals surface area contributed by atoms with Crippen LogP contribution in [0.4, 0.5) is 13.2 Å². The first kappa shape index (κ1) is 21.1. The van der Waals surface area contributed by atoms with Gasteiger partial charge in [-0.25, -0.2) is 0 Å². The van der Waals surface area contributed by atoms with Gasteiger partial charge in [0, 0.05) is 25.0 Å². The average molecular weight is 401 g/mol. The highest BCUT2D eigenvalue weighted by molar-refractivity contribution is 5.85. The third-order valence-electron chi connectivity index (χ3n) is 4.47. The lowest BCUT2D eigenvalue weighted by Gasteiger charge is -2.17. The number of alkyl halides is 3. The fourth-order valence-corrected chi connectivity index (χ4v) is 3.08. The first-order chi connectivity index (χ1) is 12.3. The average Bonchev–Trinajstić information content (AvgIpc) is 3.02. The van der Waals surface area contributed by atoms with Crippen LogP contribution in [0.25, 0.3) is 0 Å². The number of benzene rings is 2. The number of hydrogen-bond donors (Lipinski definition) is 1. The lowest BCUT2D eigenvalue weighted by Crippen LogP contribution is -2.35. The van der Waals surface area contributed by atoms with E-state index in [9.17, 15) is 18.0 Å². The molecule has 0 spiro atoms. The molecule has 1 saturated heterocycles. The number of amides is 1. The molecule has 0 aliphatic carbocycles. The lowest BCUT2D eigenvalue weighted by molar-refractivity contribution is -0.137. The number of carbonyl (C=O) groups excluding carboxylic acids is 1. The Balaban J connectivity index is 0.00000261. The SMILES string of the molecule is Cl.N[C@@H]1CN(C(=O)COc2cccc(C(F)(F)F)c2)C[C@H]1c1ccccc1. The van der Waals surface area contributed by atoms with E-state index in [2.05, 4.69) is 0 Å². The summed E-state index contributed by atoms with van der Waals surface area (Å²) in [5.41, 5.74) is 6.41. The summed E-state index contributed by atoms with van der Waals surface area (Å²) in [6, 6.07) is 14.0. The maximum atomic E-state index is 12.7. The Bertz CT molecular complexity index is 771. The van der Waals surface area contributed by atoms with Crippen LogP contribution in [0, 0.1) is 0 Å². The molecule has 2 N–H and O–H groups in total. The second-order valence-corrected chi connectivity index (χ2v) is 6.29. The van der Waals surface area contributed by atoms with Crippen molar-refractivity contribution in [3.8, 4) is 5.75 Å². The molecule has 1 aliphatic heterocycles. The molecule has 27 heavy (non-hydrogen) atoms. The summed E-state index contributed by atoms with van der Waals surface area (Å²) < 4.78 is 43.4. The summed E-state index contributed by atoms with van der Waals surface area (Å²) in [5.74, 6) is -0.249. The molecular formula is C19H20ClF3N2O2. The molecule has 1 fully saturated rings. The number of likely N-dealkylation sites (tertiary alicyclic amines) is 1. The molecule has 2 aromatic carbocycles. The molecule has 4 nitrogen and oxygen atoms in total. The Morgan fingerprint density at radius 2 is 1.81 bits per heavy atom. The van der Waals surface area contributed by atoms with Crippen LogP contribution in [0.5, 0.6) is 5.75 Å². The van der Waals surface area contributed by atoms with Gasteiger partial charge in [0.25, 0.3) is 5.91 Å². The zero-order chi connectivity index (χ0) is 18.7. The number of rotatable bonds is 4. The normalized spacial score (nSPS) is 19.5. The molecule has 2 atom stereocenters. The minimum atomic E-state index is -4.45. The molecule has 8 heteroatoms. The second-order valence-electron chi connectivity index (χ2n) is 6.29. The van der Waals surface area contributed by atoms with Crippen molar-refractivity contribution in [2.24, 2.45) is 5.73 Å². The van der Waals surface area contributed by atoms with Crippen molar-refractivity contribution in [1.82, 2.24) is 4.90 Å². The molecule has 0 radical (unpaired) electrons.